The SMILES string of the molecule is CCNC(=O)COc1cn[nH]c1. The molecule has 2 N–H and O–H groups in total. The monoisotopic (exact) mass is 169 g/mol. The molecule has 0 unspecified atom stereocenters. The molecule has 0 aliphatic heterocycles. The Morgan fingerprint density at radius 2 is 2.67 bits per heavy atom. The van der Waals surface area contributed by atoms with Gasteiger partial charge in [-0.15, -0.1) is 0 Å². The fourth-order valence-corrected chi connectivity index (χ4v) is 0.715. The first-order valence-corrected chi connectivity index (χ1v) is 3.71. The van der Waals surface area contributed by atoms with E-state index in [0.717, 1.165) is 0 Å². The summed E-state index contributed by atoms with van der Waals surface area (Å²) in [5, 5.41) is 8.86. The van der Waals surface area contributed by atoms with Crippen LogP contribution in [0.25, 0.3) is 0 Å². The Labute approximate surface area is 70.1 Å². The summed E-state index contributed by atoms with van der Waals surface area (Å²) in [5.41, 5.74) is 0. The van der Waals surface area contributed by atoms with Gasteiger partial charge in [0.25, 0.3) is 5.91 Å². The molecule has 5 nitrogen and oxygen atoms in total. The number of aromatic amines is 1. The van der Waals surface area contributed by atoms with E-state index in [1.54, 1.807) is 6.20 Å². The largest absolute Gasteiger partial charge is 0.480 e. The third-order valence-corrected chi connectivity index (χ3v) is 1.22. The molecule has 0 spiro atoms. The maximum atomic E-state index is 10.9. The minimum Gasteiger partial charge on any atom is -0.480 e. The number of likely N-dealkylation sites (N-methyl/N-ethyl adjacent to an activating group) is 1. The van der Waals surface area contributed by atoms with Crippen molar-refractivity contribution in [2.24, 2.45) is 0 Å². The van der Waals surface area contributed by atoms with Crippen LogP contribution in [0.15, 0.2) is 12.4 Å². The minimum absolute atomic E-state index is 0.0351. The van der Waals surface area contributed by atoms with Gasteiger partial charge >= 0.3 is 0 Å². The first-order chi connectivity index (χ1) is 5.83. The molecule has 0 fully saturated rings. The molecule has 1 heterocycles. The summed E-state index contributed by atoms with van der Waals surface area (Å²) in [5.74, 6) is 0.444. The maximum absolute atomic E-state index is 10.9. The van der Waals surface area contributed by atoms with Gasteiger partial charge in [-0.3, -0.25) is 9.89 Å². The van der Waals surface area contributed by atoms with Gasteiger partial charge in [0, 0.05) is 6.54 Å². The fourth-order valence-electron chi connectivity index (χ4n) is 0.715. The number of hydrogen-bond donors (Lipinski definition) is 2. The first-order valence-electron chi connectivity index (χ1n) is 3.71. The van der Waals surface area contributed by atoms with E-state index in [0.29, 0.717) is 12.3 Å². The zero-order valence-electron chi connectivity index (χ0n) is 6.83. The Bertz CT molecular complexity index is 233. The van der Waals surface area contributed by atoms with Crippen LogP contribution in [0, 0.1) is 0 Å². The number of nitrogens with zero attached hydrogens (tertiary/aromatic N) is 1. The van der Waals surface area contributed by atoms with Gasteiger partial charge in [-0.05, 0) is 6.92 Å². The lowest BCUT2D eigenvalue weighted by Crippen LogP contribution is -2.28. The summed E-state index contributed by atoms with van der Waals surface area (Å²) in [4.78, 5) is 10.9. The molecule has 1 rings (SSSR count). The van der Waals surface area contributed by atoms with Crippen molar-refractivity contribution in [2.75, 3.05) is 13.2 Å². The highest BCUT2D eigenvalue weighted by atomic mass is 16.5. The van der Waals surface area contributed by atoms with E-state index in [2.05, 4.69) is 15.5 Å². The molecule has 0 aliphatic carbocycles. The Morgan fingerprint density at radius 3 is 3.25 bits per heavy atom. The highest BCUT2D eigenvalue weighted by molar-refractivity contribution is 5.77. The van der Waals surface area contributed by atoms with Gasteiger partial charge in [0.1, 0.15) is 0 Å². The average molecular weight is 169 g/mol. The molecule has 66 valence electrons. The van der Waals surface area contributed by atoms with Crippen molar-refractivity contribution < 1.29 is 9.53 Å². The summed E-state index contributed by atoms with van der Waals surface area (Å²) in [6.07, 6.45) is 3.10. The highest BCUT2D eigenvalue weighted by Gasteiger charge is 2.00. The molecule has 0 saturated heterocycles. The molecule has 1 amide bonds. The zero-order chi connectivity index (χ0) is 8.81. The van der Waals surface area contributed by atoms with Crippen LogP contribution >= 0.6 is 0 Å². The molecular formula is C7H11N3O2. The number of carbonyl (C=O) groups is 1. The van der Waals surface area contributed by atoms with Gasteiger partial charge < -0.3 is 10.1 Å². The Hall–Kier alpha value is -1.52. The first kappa shape index (κ1) is 8.58. The van der Waals surface area contributed by atoms with E-state index >= 15 is 0 Å². The van der Waals surface area contributed by atoms with E-state index < -0.39 is 0 Å². The van der Waals surface area contributed by atoms with Crippen LogP contribution in [0.2, 0.25) is 0 Å². The third-order valence-electron chi connectivity index (χ3n) is 1.22. The molecule has 1 aromatic heterocycles. The second-order valence-electron chi connectivity index (χ2n) is 2.18. The second kappa shape index (κ2) is 4.38. The van der Waals surface area contributed by atoms with Gasteiger partial charge in [-0.1, -0.05) is 0 Å². The number of H-pyrrole nitrogens is 1. The zero-order valence-corrected chi connectivity index (χ0v) is 6.83. The molecule has 0 bridgehead atoms. The number of hydrogen-bond acceptors (Lipinski definition) is 3. The maximum Gasteiger partial charge on any atom is 0.257 e. The molecule has 0 aliphatic rings. The van der Waals surface area contributed by atoms with Crippen LogP contribution < -0.4 is 10.1 Å². The Balaban J connectivity index is 2.22. The van der Waals surface area contributed by atoms with E-state index in [1.165, 1.54) is 6.20 Å². The summed E-state index contributed by atoms with van der Waals surface area (Å²) in [6, 6.07) is 0. The van der Waals surface area contributed by atoms with Crippen molar-refractivity contribution in [3.8, 4) is 5.75 Å². The highest BCUT2D eigenvalue weighted by Crippen LogP contribution is 2.03. The summed E-state index contributed by atoms with van der Waals surface area (Å²) in [6.45, 7) is 2.51. The van der Waals surface area contributed by atoms with Gasteiger partial charge in [0.2, 0.25) is 0 Å². The van der Waals surface area contributed by atoms with Crippen molar-refractivity contribution in [1.82, 2.24) is 15.5 Å². The van der Waals surface area contributed by atoms with Crippen molar-refractivity contribution >= 4 is 5.91 Å². The number of aromatic nitrogens is 2. The molecule has 1 aromatic rings. The minimum atomic E-state index is -0.126. The molecule has 0 radical (unpaired) electrons. The molecule has 12 heavy (non-hydrogen) atoms. The van der Waals surface area contributed by atoms with Crippen molar-refractivity contribution in [2.45, 2.75) is 6.92 Å². The van der Waals surface area contributed by atoms with Crippen LogP contribution in [0.1, 0.15) is 6.92 Å². The van der Waals surface area contributed by atoms with Crippen molar-refractivity contribution in [3.05, 3.63) is 12.4 Å². The van der Waals surface area contributed by atoms with Gasteiger partial charge in [-0.2, -0.15) is 5.10 Å². The van der Waals surface area contributed by atoms with Gasteiger partial charge in [0.15, 0.2) is 12.4 Å². The number of nitrogens with one attached hydrogen (secondary N) is 2. The summed E-state index contributed by atoms with van der Waals surface area (Å²) >= 11 is 0. The third kappa shape index (κ3) is 2.61. The number of amides is 1. The molecular weight excluding hydrogens is 158 g/mol. The lowest BCUT2D eigenvalue weighted by molar-refractivity contribution is -0.122. The lowest BCUT2D eigenvalue weighted by Gasteiger charge is -2.02. The van der Waals surface area contributed by atoms with Crippen LogP contribution in [-0.4, -0.2) is 29.3 Å². The smallest absolute Gasteiger partial charge is 0.257 e. The number of carbonyl (C=O) groups excluding carboxylic acids is 1. The summed E-state index contributed by atoms with van der Waals surface area (Å²) < 4.78 is 5.05. The van der Waals surface area contributed by atoms with Gasteiger partial charge in [0.05, 0.1) is 12.4 Å². The number of ether oxygens (including phenoxy) is 1. The van der Waals surface area contributed by atoms with Crippen molar-refractivity contribution in [3.63, 3.8) is 0 Å². The van der Waals surface area contributed by atoms with Crippen LogP contribution in [0.4, 0.5) is 0 Å². The van der Waals surface area contributed by atoms with E-state index in [-0.39, 0.29) is 12.5 Å². The van der Waals surface area contributed by atoms with E-state index in [4.69, 9.17) is 4.74 Å². The lowest BCUT2D eigenvalue weighted by atomic mass is 10.6. The fraction of sp³-hybridized carbons (Fsp3) is 0.429. The van der Waals surface area contributed by atoms with Crippen LogP contribution in [0.5, 0.6) is 5.75 Å². The van der Waals surface area contributed by atoms with E-state index in [1.807, 2.05) is 6.92 Å². The number of rotatable bonds is 4. The Kier molecular flexibility index (Phi) is 3.13. The average Bonchev–Trinajstić information content (AvgIpc) is 2.53. The predicted molar refractivity (Wildman–Crippen MR) is 42.8 cm³/mol. The molecule has 0 atom stereocenters. The van der Waals surface area contributed by atoms with Crippen molar-refractivity contribution in [1.29, 1.82) is 0 Å². The topological polar surface area (TPSA) is 67.0 Å². The summed E-state index contributed by atoms with van der Waals surface area (Å²) in [7, 11) is 0. The van der Waals surface area contributed by atoms with Crippen LogP contribution in [-0.2, 0) is 4.79 Å². The van der Waals surface area contributed by atoms with Crippen LogP contribution in [0.3, 0.4) is 0 Å². The van der Waals surface area contributed by atoms with E-state index in [9.17, 15) is 4.79 Å². The van der Waals surface area contributed by atoms with Gasteiger partial charge in [-0.25, -0.2) is 0 Å². The second-order valence-corrected chi connectivity index (χ2v) is 2.18. The standard InChI is InChI=1S/C7H11N3O2/c1-2-8-7(11)5-12-6-3-9-10-4-6/h3-4H,2,5H2,1H3,(H,8,11)(H,9,10). The molecule has 0 saturated carbocycles. The normalized spacial score (nSPS) is 9.42. The molecule has 5 heteroatoms. The Morgan fingerprint density at radius 1 is 1.83 bits per heavy atom. The quantitative estimate of drug-likeness (QED) is 0.662. The predicted octanol–water partition coefficient (Wildman–Crippen LogP) is -0.0754. The molecule has 0 aromatic carbocycles.